The van der Waals surface area contributed by atoms with Crippen molar-refractivity contribution in [2.24, 2.45) is 0 Å². The van der Waals surface area contributed by atoms with Gasteiger partial charge in [-0.15, -0.1) is 0 Å². The highest BCUT2D eigenvalue weighted by atomic mass is 32.2. The van der Waals surface area contributed by atoms with Crippen LogP contribution in [0.1, 0.15) is 23.0 Å². The van der Waals surface area contributed by atoms with E-state index in [1.807, 2.05) is 0 Å². The van der Waals surface area contributed by atoms with E-state index in [0.717, 1.165) is 0 Å². The molecule has 2 aromatic carbocycles. The molecule has 0 radical (unpaired) electrons. The monoisotopic (exact) mass is 465 g/mol. The van der Waals surface area contributed by atoms with E-state index < -0.39 is 10.0 Å². The molecule has 1 aliphatic rings. The van der Waals surface area contributed by atoms with Crippen molar-refractivity contribution in [3.05, 3.63) is 83.6 Å². The normalized spacial score (nSPS) is 15.4. The van der Waals surface area contributed by atoms with Crippen LogP contribution in [0.2, 0.25) is 0 Å². The van der Waals surface area contributed by atoms with Crippen LogP contribution in [-0.2, 0) is 19.6 Å². The summed E-state index contributed by atoms with van der Waals surface area (Å²) >= 11 is 0. The Morgan fingerprint density at radius 2 is 1.58 bits per heavy atom. The van der Waals surface area contributed by atoms with Gasteiger partial charge in [-0.2, -0.15) is 4.31 Å². The van der Waals surface area contributed by atoms with Crippen LogP contribution in [0.3, 0.4) is 0 Å². The van der Waals surface area contributed by atoms with Crippen LogP contribution in [-0.4, -0.2) is 50.6 Å². The van der Waals surface area contributed by atoms with Gasteiger partial charge in [0.25, 0.3) is 0 Å². The van der Waals surface area contributed by atoms with Gasteiger partial charge in [-0.25, -0.2) is 8.42 Å². The Hall–Kier alpha value is -3.33. The number of ketones is 2. The predicted molar refractivity (Wildman–Crippen MR) is 123 cm³/mol. The maximum atomic E-state index is 12.8. The summed E-state index contributed by atoms with van der Waals surface area (Å²) in [7, 11) is -3.58. The Morgan fingerprint density at radius 1 is 0.909 bits per heavy atom. The van der Waals surface area contributed by atoms with Crippen LogP contribution in [0.4, 0.5) is 0 Å². The van der Waals surface area contributed by atoms with E-state index >= 15 is 0 Å². The molecule has 0 bridgehead atoms. The lowest BCUT2D eigenvalue weighted by atomic mass is 10.00. The van der Waals surface area contributed by atoms with Crippen molar-refractivity contribution in [3.63, 3.8) is 0 Å². The molecule has 4 rings (SSSR count). The second kappa shape index (κ2) is 9.66. The molecule has 0 saturated carbocycles. The maximum absolute atomic E-state index is 12.8. The van der Waals surface area contributed by atoms with Gasteiger partial charge in [-0.05, 0) is 49.4 Å². The van der Waals surface area contributed by atoms with Gasteiger partial charge in [0, 0.05) is 24.2 Å². The summed E-state index contributed by atoms with van der Waals surface area (Å²) in [6.07, 6.45) is 1.43. The smallest absolute Gasteiger partial charge is 0.243 e. The number of Topliss-reactive ketones (excluding diaryl/α,β-unsaturated/α-hetero) is 2. The van der Waals surface area contributed by atoms with Crippen molar-refractivity contribution in [2.45, 2.75) is 11.8 Å². The molecular formula is C25H23NO6S. The molecule has 170 valence electrons. The van der Waals surface area contributed by atoms with Crippen molar-refractivity contribution < 1.29 is 27.2 Å². The van der Waals surface area contributed by atoms with Gasteiger partial charge >= 0.3 is 0 Å². The summed E-state index contributed by atoms with van der Waals surface area (Å²) in [5, 5.41) is 0. The Bertz CT molecular complexity index is 1280. The van der Waals surface area contributed by atoms with Crippen LogP contribution < -0.4 is 0 Å². The maximum Gasteiger partial charge on any atom is 0.243 e. The third kappa shape index (κ3) is 5.03. The van der Waals surface area contributed by atoms with E-state index in [2.05, 4.69) is 0 Å². The molecule has 0 atom stereocenters. The molecular weight excluding hydrogens is 442 g/mol. The summed E-state index contributed by atoms with van der Waals surface area (Å²) in [6, 6.07) is 18.4. The number of ether oxygens (including phenoxy) is 1. The molecule has 1 fully saturated rings. The first-order valence-electron chi connectivity index (χ1n) is 10.5. The van der Waals surface area contributed by atoms with Crippen molar-refractivity contribution in [2.75, 3.05) is 26.3 Å². The molecule has 1 aromatic heterocycles. The van der Waals surface area contributed by atoms with Gasteiger partial charge in [-0.3, -0.25) is 9.59 Å². The molecule has 0 amide bonds. The Labute approximate surface area is 192 Å². The first-order valence-corrected chi connectivity index (χ1v) is 11.9. The van der Waals surface area contributed by atoms with Crippen molar-refractivity contribution >= 4 is 27.7 Å². The lowest BCUT2D eigenvalue weighted by Gasteiger charge is -2.26. The topological polar surface area (TPSA) is 93.9 Å². The SMILES string of the molecule is CC(=O)/C(=C\c1ccc(-c2ccc(S(=O)(=O)N3CCOCC3)cc2)o1)C(=O)c1ccccc1. The number of hydrogen-bond acceptors (Lipinski definition) is 6. The minimum atomic E-state index is -3.58. The zero-order valence-corrected chi connectivity index (χ0v) is 18.9. The Kier molecular flexibility index (Phi) is 6.69. The van der Waals surface area contributed by atoms with Crippen LogP contribution in [0, 0.1) is 0 Å². The number of morpholine rings is 1. The average molecular weight is 466 g/mol. The minimum absolute atomic E-state index is 0.0223. The summed E-state index contributed by atoms with van der Waals surface area (Å²) < 4.78 is 38.0. The fourth-order valence-electron chi connectivity index (χ4n) is 3.53. The number of hydrogen-bond donors (Lipinski definition) is 0. The molecule has 0 N–H and O–H groups in total. The van der Waals surface area contributed by atoms with Crippen LogP contribution >= 0.6 is 0 Å². The highest BCUT2D eigenvalue weighted by molar-refractivity contribution is 7.89. The summed E-state index contributed by atoms with van der Waals surface area (Å²) in [4.78, 5) is 25.0. The molecule has 7 nitrogen and oxygen atoms in total. The lowest BCUT2D eigenvalue weighted by molar-refractivity contribution is -0.113. The van der Waals surface area contributed by atoms with Crippen molar-refractivity contribution in [1.29, 1.82) is 0 Å². The van der Waals surface area contributed by atoms with E-state index in [1.54, 1.807) is 54.6 Å². The second-order valence-corrected chi connectivity index (χ2v) is 9.49. The van der Waals surface area contributed by atoms with E-state index in [4.69, 9.17) is 9.15 Å². The molecule has 8 heteroatoms. The number of carbonyl (C=O) groups excluding carboxylic acids is 2. The van der Waals surface area contributed by atoms with Gasteiger partial charge < -0.3 is 9.15 Å². The standard InChI is InChI=1S/C25H23NO6S/c1-18(27)23(25(28)20-5-3-2-4-6-20)17-21-9-12-24(32-21)19-7-10-22(11-8-19)33(29,30)26-13-15-31-16-14-26/h2-12,17H,13-16H2,1H3/b23-17+. The van der Waals surface area contributed by atoms with Crippen LogP contribution in [0.15, 0.2) is 81.6 Å². The van der Waals surface area contributed by atoms with Gasteiger partial charge in [-0.1, -0.05) is 30.3 Å². The quantitative estimate of drug-likeness (QED) is 0.228. The number of carbonyl (C=O) groups is 2. The average Bonchev–Trinajstić information content (AvgIpc) is 3.32. The molecule has 0 aliphatic carbocycles. The number of rotatable bonds is 7. The minimum Gasteiger partial charge on any atom is -0.457 e. The summed E-state index contributed by atoms with van der Waals surface area (Å²) in [5.74, 6) is 0.106. The fourth-order valence-corrected chi connectivity index (χ4v) is 4.94. The van der Waals surface area contributed by atoms with E-state index in [1.165, 1.54) is 29.4 Å². The molecule has 0 unspecified atom stereocenters. The molecule has 1 aliphatic heterocycles. The largest absolute Gasteiger partial charge is 0.457 e. The van der Waals surface area contributed by atoms with Gasteiger partial charge in [0.05, 0.1) is 23.7 Å². The van der Waals surface area contributed by atoms with Gasteiger partial charge in [0.15, 0.2) is 11.6 Å². The van der Waals surface area contributed by atoms with Crippen molar-refractivity contribution in [1.82, 2.24) is 4.31 Å². The fraction of sp³-hybridized carbons (Fsp3) is 0.200. The molecule has 33 heavy (non-hydrogen) atoms. The van der Waals surface area contributed by atoms with Crippen molar-refractivity contribution in [3.8, 4) is 11.3 Å². The predicted octanol–water partition coefficient (Wildman–Crippen LogP) is 3.82. The molecule has 2 heterocycles. The zero-order chi connectivity index (χ0) is 23.4. The highest BCUT2D eigenvalue weighted by Gasteiger charge is 2.26. The zero-order valence-electron chi connectivity index (χ0n) is 18.1. The lowest BCUT2D eigenvalue weighted by Crippen LogP contribution is -2.40. The first-order chi connectivity index (χ1) is 15.9. The highest BCUT2D eigenvalue weighted by Crippen LogP contribution is 2.26. The van der Waals surface area contributed by atoms with Crippen LogP contribution in [0.25, 0.3) is 17.4 Å². The second-order valence-electron chi connectivity index (χ2n) is 7.55. The summed E-state index contributed by atoms with van der Waals surface area (Å²) in [6.45, 7) is 2.77. The number of furan rings is 1. The van der Waals surface area contributed by atoms with E-state index in [0.29, 0.717) is 49.0 Å². The van der Waals surface area contributed by atoms with Crippen LogP contribution in [0.5, 0.6) is 0 Å². The number of allylic oxidation sites excluding steroid dienone is 1. The molecule has 0 spiro atoms. The molecule has 1 saturated heterocycles. The van der Waals surface area contributed by atoms with Gasteiger partial charge in [0.2, 0.25) is 10.0 Å². The van der Waals surface area contributed by atoms with Gasteiger partial charge in [0.1, 0.15) is 11.5 Å². The Balaban J connectivity index is 1.56. The number of sulfonamides is 1. The summed E-state index contributed by atoms with van der Waals surface area (Å²) in [5.41, 5.74) is 1.12. The van der Waals surface area contributed by atoms with E-state index in [-0.39, 0.29) is 22.0 Å². The number of benzene rings is 2. The van der Waals surface area contributed by atoms with E-state index in [9.17, 15) is 18.0 Å². The molecule has 3 aromatic rings. The Morgan fingerprint density at radius 3 is 2.21 bits per heavy atom. The third-order valence-corrected chi connectivity index (χ3v) is 7.23. The third-order valence-electron chi connectivity index (χ3n) is 5.32. The first kappa shape index (κ1) is 22.8. The number of nitrogens with zero attached hydrogens (tertiary/aromatic N) is 1.